The highest BCUT2D eigenvalue weighted by molar-refractivity contribution is 7.89. The van der Waals surface area contributed by atoms with Gasteiger partial charge in [0, 0.05) is 19.6 Å². The molecule has 0 aromatic heterocycles. The van der Waals surface area contributed by atoms with E-state index in [1.807, 2.05) is 0 Å². The molecule has 1 amide bonds. The predicted octanol–water partition coefficient (Wildman–Crippen LogP) is 5.58. The summed E-state index contributed by atoms with van der Waals surface area (Å²) in [7, 11) is -3.55. The average Bonchev–Trinajstić information content (AvgIpc) is 3.51. The Bertz CT molecular complexity index is 1400. The third kappa shape index (κ3) is 5.82. The van der Waals surface area contributed by atoms with E-state index in [1.165, 1.54) is 45.3 Å². The molecule has 0 spiro atoms. The maximum atomic E-state index is 12.8. The standard InChI is InChI=1S/C33H44N2O5S/c1-23(2)25-10-14-28-26(20-25)11-15-29-32(3,16-7-17-33(28,29)4)22-34-30(36)21-40-31(37)24-8-12-27(13-9-24)41(38,39)35-18-5-6-19-35/h8-10,12-14,20,23,29H,5-7,11,15-19,21-22H2,1-4H3,(H,34,36). The molecule has 41 heavy (non-hydrogen) atoms. The molecule has 0 radical (unpaired) electrons. The third-order valence-corrected chi connectivity index (χ3v) is 11.9. The van der Waals surface area contributed by atoms with Gasteiger partial charge in [0.1, 0.15) is 0 Å². The van der Waals surface area contributed by atoms with Crippen molar-refractivity contribution in [1.29, 1.82) is 0 Å². The summed E-state index contributed by atoms with van der Waals surface area (Å²) in [5.74, 6) is 0.00523. The van der Waals surface area contributed by atoms with E-state index in [0.29, 0.717) is 31.5 Å². The second kappa shape index (κ2) is 11.5. The SMILES string of the molecule is CC(C)c1ccc2c(c1)CCC1C(C)(CNC(=O)COC(=O)c3ccc(S(=O)(=O)N4CCCC4)cc3)CCCC21C. The van der Waals surface area contributed by atoms with Crippen molar-refractivity contribution < 1.29 is 22.7 Å². The first-order valence-electron chi connectivity index (χ1n) is 15.1. The monoisotopic (exact) mass is 580 g/mol. The van der Waals surface area contributed by atoms with E-state index in [-0.39, 0.29) is 33.8 Å². The van der Waals surface area contributed by atoms with E-state index in [1.54, 1.807) is 0 Å². The molecule has 3 unspecified atom stereocenters. The van der Waals surface area contributed by atoms with Crippen molar-refractivity contribution in [3.8, 4) is 0 Å². The average molecular weight is 581 g/mol. The Morgan fingerprint density at radius 2 is 1.73 bits per heavy atom. The molecule has 1 heterocycles. The fourth-order valence-corrected chi connectivity index (χ4v) is 9.14. The molecular weight excluding hydrogens is 536 g/mol. The molecule has 3 aliphatic rings. The van der Waals surface area contributed by atoms with Gasteiger partial charge >= 0.3 is 5.97 Å². The first-order chi connectivity index (χ1) is 19.4. The number of carbonyl (C=O) groups is 2. The van der Waals surface area contributed by atoms with Crippen LogP contribution in [0.2, 0.25) is 0 Å². The molecular formula is C33H44N2O5S. The lowest BCUT2D eigenvalue weighted by atomic mass is 9.49. The predicted molar refractivity (Wildman–Crippen MR) is 159 cm³/mol. The van der Waals surface area contributed by atoms with Crippen molar-refractivity contribution >= 4 is 21.9 Å². The number of nitrogens with zero attached hydrogens (tertiary/aromatic N) is 1. The molecule has 1 N–H and O–H groups in total. The van der Waals surface area contributed by atoms with Crippen LogP contribution in [-0.2, 0) is 31.4 Å². The first kappa shape index (κ1) is 29.8. The molecule has 1 aliphatic heterocycles. The molecule has 222 valence electrons. The molecule has 1 saturated heterocycles. The van der Waals surface area contributed by atoms with Crippen LogP contribution in [-0.4, -0.2) is 50.8 Å². The lowest BCUT2D eigenvalue weighted by molar-refractivity contribution is -0.125. The minimum atomic E-state index is -3.55. The van der Waals surface area contributed by atoms with E-state index >= 15 is 0 Å². The van der Waals surface area contributed by atoms with Crippen molar-refractivity contribution in [2.75, 3.05) is 26.2 Å². The van der Waals surface area contributed by atoms with Crippen molar-refractivity contribution in [2.45, 2.75) is 88.9 Å². The zero-order valence-corrected chi connectivity index (χ0v) is 25.7. The fraction of sp³-hybridized carbons (Fsp3) is 0.576. The van der Waals surface area contributed by atoms with E-state index in [4.69, 9.17) is 4.74 Å². The summed E-state index contributed by atoms with van der Waals surface area (Å²) in [6.07, 6.45) is 7.22. The van der Waals surface area contributed by atoms with E-state index < -0.39 is 16.0 Å². The van der Waals surface area contributed by atoms with Gasteiger partial charge in [-0.25, -0.2) is 13.2 Å². The zero-order valence-electron chi connectivity index (χ0n) is 24.9. The van der Waals surface area contributed by atoms with Crippen LogP contribution in [0, 0.1) is 11.3 Å². The van der Waals surface area contributed by atoms with Crippen molar-refractivity contribution in [3.63, 3.8) is 0 Å². The Morgan fingerprint density at radius 3 is 2.41 bits per heavy atom. The largest absolute Gasteiger partial charge is 0.452 e. The summed E-state index contributed by atoms with van der Waals surface area (Å²) in [5, 5.41) is 3.06. The van der Waals surface area contributed by atoms with Gasteiger partial charge in [-0.15, -0.1) is 0 Å². The van der Waals surface area contributed by atoms with Crippen LogP contribution in [0.25, 0.3) is 0 Å². The van der Waals surface area contributed by atoms with Crippen LogP contribution in [0.15, 0.2) is 47.4 Å². The summed E-state index contributed by atoms with van der Waals surface area (Å²) in [4.78, 5) is 25.5. The van der Waals surface area contributed by atoms with Gasteiger partial charge in [-0.05, 0) is 102 Å². The van der Waals surface area contributed by atoms with Gasteiger partial charge in [-0.2, -0.15) is 4.31 Å². The topological polar surface area (TPSA) is 92.8 Å². The van der Waals surface area contributed by atoms with Gasteiger partial charge in [0.15, 0.2) is 6.61 Å². The molecule has 2 aromatic rings. The Hall–Kier alpha value is -2.71. The van der Waals surface area contributed by atoms with Crippen LogP contribution in [0.3, 0.4) is 0 Å². The normalized spacial score (nSPS) is 26.3. The lowest BCUT2D eigenvalue weighted by Crippen LogP contribution is -2.53. The van der Waals surface area contributed by atoms with E-state index in [9.17, 15) is 18.0 Å². The minimum Gasteiger partial charge on any atom is -0.452 e. The molecule has 0 bridgehead atoms. The van der Waals surface area contributed by atoms with Crippen LogP contribution in [0.4, 0.5) is 0 Å². The fourth-order valence-electron chi connectivity index (χ4n) is 7.62. The van der Waals surface area contributed by atoms with E-state index in [0.717, 1.165) is 44.9 Å². The minimum absolute atomic E-state index is 0.0439. The number of fused-ring (bicyclic) bond motifs is 3. The number of nitrogens with one attached hydrogen (secondary N) is 1. The summed E-state index contributed by atoms with van der Waals surface area (Å²) in [5.41, 5.74) is 4.61. The number of ether oxygens (including phenoxy) is 1. The Morgan fingerprint density at radius 1 is 1.02 bits per heavy atom. The van der Waals surface area contributed by atoms with Crippen LogP contribution < -0.4 is 5.32 Å². The number of esters is 1. The van der Waals surface area contributed by atoms with Crippen molar-refractivity contribution in [1.82, 2.24) is 9.62 Å². The number of carbonyl (C=O) groups excluding carboxylic acids is 2. The van der Waals surface area contributed by atoms with Crippen molar-refractivity contribution in [2.24, 2.45) is 11.3 Å². The van der Waals surface area contributed by atoms with Gasteiger partial charge in [-0.3, -0.25) is 4.79 Å². The first-order valence-corrected chi connectivity index (χ1v) is 16.6. The number of amides is 1. The van der Waals surface area contributed by atoms with Crippen LogP contribution in [0.1, 0.15) is 99.2 Å². The van der Waals surface area contributed by atoms with Gasteiger partial charge < -0.3 is 10.1 Å². The molecule has 8 heteroatoms. The summed E-state index contributed by atoms with van der Waals surface area (Å²) < 4.78 is 32.2. The van der Waals surface area contributed by atoms with Gasteiger partial charge in [0.25, 0.3) is 5.91 Å². The van der Waals surface area contributed by atoms with Crippen LogP contribution >= 0.6 is 0 Å². The van der Waals surface area contributed by atoms with Gasteiger partial charge in [-0.1, -0.05) is 52.3 Å². The Balaban J connectivity index is 1.17. The maximum Gasteiger partial charge on any atom is 0.338 e. The number of hydrogen-bond acceptors (Lipinski definition) is 5. The second-order valence-corrected chi connectivity index (χ2v) is 15.0. The maximum absolute atomic E-state index is 12.8. The highest BCUT2D eigenvalue weighted by atomic mass is 32.2. The summed E-state index contributed by atoms with van der Waals surface area (Å²) in [6, 6.07) is 12.8. The van der Waals surface area contributed by atoms with Gasteiger partial charge in [0.2, 0.25) is 10.0 Å². The number of rotatable bonds is 8. The lowest BCUT2D eigenvalue weighted by Gasteiger charge is -2.55. The molecule has 2 aromatic carbocycles. The quantitative estimate of drug-likeness (QED) is 0.412. The Labute approximate surface area is 245 Å². The highest BCUT2D eigenvalue weighted by Gasteiger charge is 2.51. The smallest absolute Gasteiger partial charge is 0.338 e. The zero-order chi connectivity index (χ0) is 29.4. The van der Waals surface area contributed by atoms with Crippen molar-refractivity contribution in [3.05, 3.63) is 64.7 Å². The summed E-state index contributed by atoms with van der Waals surface area (Å²) >= 11 is 0. The molecule has 2 fully saturated rings. The molecule has 5 rings (SSSR count). The number of benzene rings is 2. The molecule has 7 nitrogen and oxygen atoms in total. The second-order valence-electron chi connectivity index (χ2n) is 13.1. The molecule has 3 atom stereocenters. The number of hydrogen-bond donors (Lipinski definition) is 1. The number of aryl methyl sites for hydroxylation is 1. The van der Waals surface area contributed by atoms with Gasteiger partial charge in [0.05, 0.1) is 10.5 Å². The van der Waals surface area contributed by atoms with E-state index in [2.05, 4.69) is 51.2 Å². The highest BCUT2D eigenvalue weighted by Crippen LogP contribution is 2.57. The summed E-state index contributed by atoms with van der Waals surface area (Å²) in [6.45, 7) is 10.4. The number of sulfonamides is 1. The molecule has 1 saturated carbocycles. The Kier molecular flexibility index (Phi) is 8.37. The molecule has 2 aliphatic carbocycles. The van der Waals surface area contributed by atoms with Crippen LogP contribution in [0.5, 0.6) is 0 Å². The third-order valence-electron chi connectivity index (χ3n) is 9.98.